The second kappa shape index (κ2) is 9.89. The van der Waals surface area contributed by atoms with Gasteiger partial charge in [0.05, 0.1) is 13.2 Å². The van der Waals surface area contributed by atoms with Gasteiger partial charge in [-0.2, -0.15) is 0 Å². The van der Waals surface area contributed by atoms with Crippen LogP contribution in [0.25, 0.3) is 0 Å². The number of nitrogens with zero attached hydrogens (tertiary/aromatic N) is 2. The van der Waals surface area contributed by atoms with Crippen LogP contribution in [0.1, 0.15) is 54.1 Å². The Labute approximate surface area is 168 Å². The summed E-state index contributed by atoms with van der Waals surface area (Å²) in [5, 5.41) is 10.6. The molecule has 0 unspecified atom stereocenters. The molecule has 3 rings (SSSR count). The maximum atomic E-state index is 10.6. The summed E-state index contributed by atoms with van der Waals surface area (Å²) >= 11 is 0. The molecule has 0 amide bonds. The molecule has 0 atom stereocenters. The van der Waals surface area contributed by atoms with Crippen molar-refractivity contribution in [2.24, 2.45) is 0 Å². The van der Waals surface area contributed by atoms with Crippen molar-refractivity contribution in [3.05, 3.63) is 52.2 Å². The molecule has 1 aliphatic rings. The molecule has 0 radical (unpaired) electrons. The lowest BCUT2D eigenvalue weighted by Gasteiger charge is -2.26. The molecule has 0 bridgehead atoms. The molecular weight excluding hydrogens is 350 g/mol. The van der Waals surface area contributed by atoms with Crippen LogP contribution >= 0.6 is 0 Å². The molecule has 1 saturated heterocycles. The first-order chi connectivity index (χ1) is 13.6. The molecule has 1 aliphatic heterocycles. The fraction of sp³-hybridized carbons (Fsp3) is 0.522. The highest BCUT2D eigenvalue weighted by atomic mass is 16.5. The number of pyridine rings is 1. The number of ether oxygens (including phenoxy) is 1. The highest BCUT2D eigenvalue weighted by molar-refractivity contribution is 5.47. The van der Waals surface area contributed by atoms with Gasteiger partial charge in [0.15, 0.2) is 0 Å². The van der Waals surface area contributed by atoms with Crippen LogP contribution in [0.3, 0.4) is 0 Å². The lowest BCUT2D eigenvalue weighted by atomic mass is 9.98. The van der Waals surface area contributed by atoms with E-state index < -0.39 is 0 Å². The van der Waals surface area contributed by atoms with Gasteiger partial charge in [0.2, 0.25) is 0 Å². The van der Waals surface area contributed by atoms with E-state index >= 15 is 0 Å². The normalized spacial score (nSPS) is 15.1. The van der Waals surface area contributed by atoms with Crippen molar-refractivity contribution in [1.82, 2.24) is 9.88 Å². The number of unbranched alkanes of at least 4 members (excludes halogenated alkanes) is 2. The number of aryl methyl sites for hydroxylation is 2. The van der Waals surface area contributed by atoms with Crippen LogP contribution < -0.4 is 5.73 Å². The van der Waals surface area contributed by atoms with Crippen LogP contribution in [0.5, 0.6) is 5.75 Å². The zero-order chi connectivity index (χ0) is 19.9. The van der Waals surface area contributed by atoms with E-state index in [0.717, 1.165) is 73.6 Å². The Morgan fingerprint density at radius 3 is 2.61 bits per heavy atom. The Kier molecular flexibility index (Phi) is 7.29. The van der Waals surface area contributed by atoms with E-state index in [1.165, 1.54) is 12.8 Å². The molecule has 0 saturated carbocycles. The molecule has 5 heteroatoms. The molecule has 1 aromatic heterocycles. The molecule has 1 fully saturated rings. The summed E-state index contributed by atoms with van der Waals surface area (Å²) in [6, 6.07) is 8.23. The molecule has 0 spiro atoms. The monoisotopic (exact) mass is 383 g/mol. The van der Waals surface area contributed by atoms with Crippen molar-refractivity contribution < 1.29 is 9.84 Å². The van der Waals surface area contributed by atoms with Crippen molar-refractivity contribution >= 4 is 5.82 Å². The van der Waals surface area contributed by atoms with E-state index in [9.17, 15) is 5.11 Å². The van der Waals surface area contributed by atoms with Crippen molar-refractivity contribution in [1.29, 1.82) is 0 Å². The van der Waals surface area contributed by atoms with Crippen molar-refractivity contribution in [2.75, 3.05) is 32.0 Å². The van der Waals surface area contributed by atoms with Gasteiger partial charge >= 0.3 is 0 Å². The summed E-state index contributed by atoms with van der Waals surface area (Å²) in [5.74, 6) is 0.997. The summed E-state index contributed by atoms with van der Waals surface area (Å²) in [6.45, 7) is 8.50. The number of hydrogen-bond acceptors (Lipinski definition) is 5. The van der Waals surface area contributed by atoms with Gasteiger partial charge in [-0.15, -0.1) is 0 Å². The number of nitrogen functional groups attached to an aromatic ring is 1. The molecule has 5 nitrogen and oxygen atoms in total. The van der Waals surface area contributed by atoms with E-state index in [4.69, 9.17) is 10.5 Å². The van der Waals surface area contributed by atoms with Gasteiger partial charge in [-0.05, 0) is 48.1 Å². The summed E-state index contributed by atoms with van der Waals surface area (Å²) in [5.41, 5.74) is 11.4. The van der Waals surface area contributed by atoms with Crippen LogP contribution in [0.2, 0.25) is 0 Å². The Balaban J connectivity index is 1.71. The summed E-state index contributed by atoms with van der Waals surface area (Å²) in [6.07, 6.45) is 5.16. The van der Waals surface area contributed by atoms with E-state index in [0.29, 0.717) is 18.0 Å². The van der Waals surface area contributed by atoms with E-state index in [1.807, 2.05) is 19.1 Å². The second-order valence-corrected chi connectivity index (χ2v) is 7.76. The van der Waals surface area contributed by atoms with Crippen LogP contribution in [0, 0.1) is 6.92 Å². The molecular formula is C23H33N3O2. The SMILES string of the molecule is CCCCCc1cc(Cc2ccc(CN3CCOCC3)cc2O)c(C)nc1N. The predicted octanol–water partition coefficient (Wildman–Crippen LogP) is 3.83. The molecule has 152 valence electrons. The summed E-state index contributed by atoms with van der Waals surface area (Å²) in [7, 11) is 0. The minimum atomic E-state index is 0.356. The van der Waals surface area contributed by atoms with Crippen molar-refractivity contribution in [3.8, 4) is 5.75 Å². The third-order valence-electron chi connectivity index (χ3n) is 5.52. The Morgan fingerprint density at radius 2 is 1.89 bits per heavy atom. The van der Waals surface area contributed by atoms with E-state index in [1.54, 1.807) is 0 Å². The number of benzene rings is 1. The number of morpholine rings is 1. The third-order valence-corrected chi connectivity index (χ3v) is 5.52. The van der Waals surface area contributed by atoms with E-state index in [2.05, 4.69) is 28.9 Å². The average molecular weight is 384 g/mol. The molecule has 3 N–H and O–H groups in total. The lowest BCUT2D eigenvalue weighted by Crippen LogP contribution is -2.35. The van der Waals surface area contributed by atoms with Gasteiger partial charge in [-0.3, -0.25) is 4.90 Å². The van der Waals surface area contributed by atoms with Crippen LogP contribution in [-0.2, 0) is 24.1 Å². The fourth-order valence-corrected chi connectivity index (χ4v) is 3.74. The standard InChI is InChI=1S/C23H33N3O2/c1-3-4-5-6-20-15-21(17(2)25-23(20)24)14-19-8-7-18(13-22(19)27)16-26-9-11-28-12-10-26/h7-8,13,15,27H,3-6,9-12,14,16H2,1-2H3,(H2,24,25). The van der Waals surface area contributed by atoms with Crippen LogP contribution in [0.4, 0.5) is 5.82 Å². The minimum Gasteiger partial charge on any atom is -0.508 e. The van der Waals surface area contributed by atoms with Gasteiger partial charge in [0.25, 0.3) is 0 Å². The predicted molar refractivity (Wildman–Crippen MR) is 114 cm³/mol. The largest absolute Gasteiger partial charge is 0.508 e. The number of aromatic hydroxyl groups is 1. The molecule has 2 heterocycles. The Morgan fingerprint density at radius 1 is 1.11 bits per heavy atom. The first-order valence-corrected chi connectivity index (χ1v) is 10.4. The Hall–Kier alpha value is -2.11. The second-order valence-electron chi connectivity index (χ2n) is 7.76. The van der Waals surface area contributed by atoms with Crippen LogP contribution in [-0.4, -0.2) is 41.3 Å². The van der Waals surface area contributed by atoms with Crippen LogP contribution in [0.15, 0.2) is 24.3 Å². The molecule has 28 heavy (non-hydrogen) atoms. The van der Waals surface area contributed by atoms with Crippen molar-refractivity contribution in [2.45, 2.75) is 52.5 Å². The zero-order valence-corrected chi connectivity index (χ0v) is 17.2. The zero-order valence-electron chi connectivity index (χ0n) is 17.2. The highest BCUT2D eigenvalue weighted by Gasteiger charge is 2.13. The number of anilines is 1. The van der Waals surface area contributed by atoms with E-state index in [-0.39, 0.29) is 0 Å². The maximum absolute atomic E-state index is 10.6. The summed E-state index contributed by atoms with van der Waals surface area (Å²) < 4.78 is 5.40. The van der Waals surface area contributed by atoms with Gasteiger partial charge in [-0.1, -0.05) is 38.0 Å². The smallest absolute Gasteiger partial charge is 0.126 e. The Bertz CT molecular complexity index is 786. The summed E-state index contributed by atoms with van der Waals surface area (Å²) in [4.78, 5) is 6.91. The number of aromatic nitrogens is 1. The van der Waals surface area contributed by atoms with Gasteiger partial charge in [-0.25, -0.2) is 4.98 Å². The van der Waals surface area contributed by atoms with Gasteiger partial charge in [0, 0.05) is 31.7 Å². The van der Waals surface area contributed by atoms with Gasteiger partial charge < -0.3 is 15.6 Å². The highest BCUT2D eigenvalue weighted by Crippen LogP contribution is 2.26. The topological polar surface area (TPSA) is 71.6 Å². The number of rotatable bonds is 8. The third kappa shape index (κ3) is 5.46. The number of phenols is 1. The number of phenolic OH excluding ortho intramolecular Hbond substituents is 1. The maximum Gasteiger partial charge on any atom is 0.126 e. The molecule has 1 aromatic carbocycles. The lowest BCUT2D eigenvalue weighted by molar-refractivity contribution is 0.0341. The first kappa shape index (κ1) is 20.6. The molecule has 2 aromatic rings. The fourth-order valence-electron chi connectivity index (χ4n) is 3.74. The van der Waals surface area contributed by atoms with Crippen molar-refractivity contribution in [3.63, 3.8) is 0 Å². The molecule has 0 aliphatic carbocycles. The quantitative estimate of drug-likeness (QED) is 0.678. The number of hydrogen-bond donors (Lipinski definition) is 2. The first-order valence-electron chi connectivity index (χ1n) is 10.4. The average Bonchev–Trinajstić information content (AvgIpc) is 2.68. The number of nitrogens with two attached hydrogens (primary N) is 1. The van der Waals surface area contributed by atoms with Gasteiger partial charge in [0.1, 0.15) is 11.6 Å². The minimum absolute atomic E-state index is 0.356.